The maximum absolute atomic E-state index is 12.3. The molecule has 7 nitrogen and oxygen atoms in total. The highest BCUT2D eigenvalue weighted by Crippen LogP contribution is 2.30. The summed E-state index contributed by atoms with van der Waals surface area (Å²) in [6, 6.07) is 22.7. The van der Waals surface area contributed by atoms with Crippen LogP contribution < -0.4 is 5.73 Å². The van der Waals surface area contributed by atoms with Crippen molar-refractivity contribution in [1.29, 1.82) is 0 Å². The van der Waals surface area contributed by atoms with E-state index in [0.29, 0.717) is 28.3 Å². The van der Waals surface area contributed by atoms with Crippen molar-refractivity contribution in [2.45, 2.75) is 59.5 Å². The Bertz CT molecular complexity index is 1220. The van der Waals surface area contributed by atoms with Crippen LogP contribution in [0.1, 0.15) is 78.8 Å². The van der Waals surface area contributed by atoms with Gasteiger partial charge in [0, 0.05) is 35.1 Å². The summed E-state index contributed by atoms with van der Waals surface area (Å²) >= 11 is 3.44. The minimum atomic E-state index is -0.456. The van der Waals surface area contributed by atoms with Crippen molar-refractivity contribution in [1.82, 2.24) is 4.90 Å². The summed E-state index contributed by atoms with van der Waals surface area (Å²) < 4.78 is 10.6. The first-order valence-electron chi connectivity index (χ1n) is 13.6. The SMILES string of the molecule is C.CCN(Cc1cc(C(=O)OCCOC(C)=O)cc(Br)c1N)C1CCCC1.O=C(c1ccccc1)c1ccccc1. The maximum Gasteiger partial charge on any atom is 0.338 e. The number of hydrogen-bond donors (Lipinski definition) is 1. The monoisotopic (exact) mass is 624 g/mol. The van der Waals surface area contributed by atoms with Gasteiger partial charge >= 0.3 is 11.9 Å². The van der Waals surface area contributed by atoms with Crippen molar-refractivity contribution < 1.29 is 23.9 Å². The lowest BCUT2D eigenvalue weighted by molar-refractivity contribution is -0.142. The molecule has 0 aromatic heterocycles. The summed E-state index contributed by atoms with van der Waals surface area (Å²) in [5.41, 5.74) is 9.70. The number of ether oxygens (including phenoxy) is 2. The Balaban J connectivity index is 0.000000330. The Hall–Kier alpha value is -3.49. The fourth-order valence-electron chi connectivity index (χ4n) is 4.66. The number of benzene rings is 3. The van der Waals surface area contributed by atoms with E-state index in [1.54, 1.807) is 12.1 Å². The number of nitrogens with two attached hydrogens (primary N) is 1. The molecule has 1 aliphatic rings. The molecule has 3 aromatic carbocycles. The van der Waals surface area contributed by atoms with E-state index in [0.717, 1.165) is 23.2 Å². The Kier molecular flexibility index (Phi) is 14.3. The van der Waals surface area contributed by atoms with Crippen LogP contribution in [0, 0.1) is 0 Å². The molecule has 0 saturated heterocycles. The van der Waals surface area contributed by atoms with Gasteiger partial charge in [-0.1, -0.05) is 87.9 Å². The average molecular weight is 626 g/mol. The largest absolute Gasteiger partial charge is 0.462 e. The third kappa shape index (κ3) is 10.4. The summed E-state index contributed by atoms with van der Waals surface area (Å²) in [5, 5.41) is 0. The molecule has 0 atom stereocenters. The molecule has 8 heteroatoms. The van der Waals surface area contributed by atoms with Crippen LogP contribution in [0.2, 0.25) is 0 Å². The van der Waals surface area contributed by atoms with E-state index in [4.69, 9.17) is 15.2 Å². The number of ketones is 1. The zero-order valence-electron chi connectivity index (χ0n) is 23.1. The summed E-state index contributed by atoms with van der Waals surface area (Å²) in [6.07, 6.45) is 4.98. The van der Waals surface area contributed by atoms with Crippen LogP contribution in [-0.2, 0) is 20.8 Å². The number of halogens is 1. The molecule has 2 N–H and O–H groups in total. The minimum Gasteiger partial charge on any atom is -0.462 e. The first-order chi connectivity index (χ1) is 19.3. The van der Waals surface area contributed by atoms with Crippen LogP contribution in [0.5, 0.6) is 0 Å². The third-order valence-electron chi connectivity index (χ3n) is 6.77. The summed E-state index contributed by atoms with van der Waals surface area (Å²) in [5.74, 6) is -0.778. The van der Waals surface area contributed by atoms with Gasteiger partial charge in [-0.15, -0.1) is 0 Å². The first kappa shape index (κ1) is 33.7. The van der Waals surface area contributed by atoms with Crippen molar-refractivity contribution in [2.75, 3.05) is 25.5 Å². The van der Waals surface area contributed by atoms with Crippen molar-refractivity contribution in [3.8, 4) is 0 Å². The van der Waals surface area contributed by atoms with Crippen molar-refractivity contribution >= 4 is 39.3 Å². The van der Waals surface area contributed by atoms with Gasteiger partial charge in [0.1, 0.15) is 13.2 Å². The molecule has 1 aliphatic carbocycles. The van der Waals surface area contributed by atoms with Crippen LogP contribution in [-0.4, -0.2) is 48.4 Å². The predicted molar refractivity (Wildman–Crippen MR) is 167 cm³/mol. The zero-order valence-corrected chi connectivity index (χ0v) is 24.7. The summed E-state index contributed by atoms with van der Waals surface area (Å²) in [7, 11) is 0. The highest BCUT2D eigenvalue weighted by atomic mass is 79.9. The van der Waals surface area contributed by atoms with Gasteiger partial charge in [0.05, 0.1) is 11.3 Å². The van der Waals surface area contributed by atoms with Crippen LogP contribution in [0.4, 0.5) is 5.69 Å². The average Bonchev–Trinajstić information content (AvgIpc) is 3.51. The molecule has 0 radical (unpaired) electrons. The Morgan fingerprint density at radius 1 is 0.878 bits per heavy atom. The zero-order chi connectivity index (χ0) is 28.9. The van der Waals surface area contributed by atoms with Crippen LogP contribution >= 0.6 is 15.9 Å². The Morgan fingerprint density at radius 2 is 1.41 bits per heavy atom. The van der Waals surface area contributed by atoms with Gasteiger partial charge in [0.25, 0.3) is 0 Å². The van der Waals surface area contributed by atoms with Crippen LogP contribution in [0.15, 0.2) is 77.3 Å². The standard InChI is InChI=1S/C19H27BrN2O4.C13H10O.CH4/c1-3-22(16-6-4-5-7-16)12-15-10-14(11-17(20)18(15)21)19(24)26-9-8-25-13(2)23;14-13(11-7-3-1-4-8-11)12-9-5-2-6-10-12;/h10-11,16H,3-9,12,21H2,1-2H3;1-10H;1H4. The second-order valence-electron chi connectivity index (χ2n) is 9.57. The molecule has 0 amide bonds. The van der Waals surface area contributed by atoms with Gasteiger partial charge in [0.15, 0.2) is 5.78 Å². The van der Waals surface area contributed by atoms with Crippen molar-refractivity contribution in [3.05, 3.63) is 99.5 Å². The van der Waals surface area contributed by atoms with Crippen molar-refractivity contribution in [2.24, 2.45) is 0 Å². The molecule has 0 spiro atoms. The van der Waals surface area contributed by atoms with E-state index < -0.39 is 11.9 Å². The predicted octanol–water partition coefficient (Wildman–Crippen LogP) is 7.07. The van der Waals surface area contributed by atoms with E-state index >= 15 is 0 Å². The molecule has 41 heavy (non-hydrogen) atoms. The fourth-order valence-corrected chi connectivity index (χ4v) is 5.16. The number of rotatable bonds is 10. The molecular weight excluding hydrogens is 584 g/mol. The van der Waals surface area contributed by atoms with Gasteiger partial charge in [0.2, 0.25) is 0 Å². The summed E-state index contributed by atoms with van der Waals surface area (Å²) in [6.45, 7) is 5.19. The number of carbonyl (C=O) groups excluding carboxylic acids is 3. The Labute approximate surface area is 252 Å². The van der Waals surface area contributed by atoms with E-state index in [1.165, 1.54) is 32.6 Å². The van der Waals surface area contributed by atoms with E-state index in [9.17, 15) is 14.4 Å². The van der Waals surface area contributed by atoms with Gasteiger partial charge in [-0.05, 0) is 53.0 Å². The normalized spacial score (nSPS) is 12.6. The van der Waals surface area contributed by atoms with E-state index in [2.05, 4.69) is 27.8 Å². The van der Waals surface area contributed by atoms with Crippen LogP contribution in [0.3, 0.4) is 0 Å². The molecule has 0 aliphatic heterocycles. The molecule has 0 heterocycles. The quantitative estimate of drug-likeness (QED) is 0.111. The van der Waals surface area contributed by atoms with Gasteiger partial charge in [-0.3, -0.25) is 14.5 Å². The minimum absolute atomic E-state index is 0. The lowest BCUT2D eigenvalue weighted by atomic mass is 10.0. The highest BCUT2D eigenvalue weighted by Gasteiger charge is 2.23. The number of nitrogens with zero attached hydrogens (tertiary/aromatic N) is 1. The molecule has 3 aromatic rings. The molecule has 4 rings (SSSR count). The smallest absolute Gasteiger partial charge is 0.338 e. The highest BCUT2D eigenvalue weighted by molar-refractivity contribution is 9.10. The lowest BCUT2D eigenvalue weighted by Crippen LogP contribution is -2.32. The van der Waals surface area contributed by atoms with Gasteiger partial charge < -0.3 is 15.2 Å². The molecule has 1 fully saturated rings. The molecule has 1 saturated carbocycles. The fraction of sp³-hybridized carbons (Fsp3) is 0.364. The molecule has 220 valence electrons. The Morgan fingerprint density at radius 3 is 1.93 bits per heavy atom. The number of hydrogen-bond acceptors (Lipinski definition) is 7. The first-order valence-corrected chi connectivity index (χ1v) is 14.4. The third-order valence-corrected chi connectivity index (χ3v) is 7.42. The van der Waals surface area contributed by atoms with Crippen molar-refractivity contribution in [3.63, 3.8) is 0 Å². The molecule has 0 bridgehead atoms. The van der Waals surface area contributed by atoms with Crippen LogP contribution in [0.25, 0.3) is 0 Å². The second kappa shape index (κ2) is 17.4. The topological polar surface area (TPSA) is 98.9 Å². The molecule has 0 unspecified atom stereocenters. The number of esters is 2. The lowest BCUT2D eigenvalue weighted by Gasteiger charge is -2.28. The number of carbonyl (C=O) groups is 3. The second-order valence-corrected chi connectivity index (χ2v) is 10.4. The number of anilines is 1. The maximum atomic E-state index is 12.3. The van der Waals surface area contributed by atoms with Gasteiger partial charge in [-0.2, -0.15) is 0 Å². The molecular formula is C33H41BrN2O5. The number of nitrogen functional groups attached to an aromatic ring is 1. The van der Waals surface area contributed by atoms with E-state index in [-0.39, 0.29) is 26.4 Å². The van der Waals surface area contributed by atoms with Gasteiger partial charge in [-0.25, -0.2) is 4.79 Å². The van der Waals surface area contributed by atoms with E-state index in [1.807, 2.05) is 60.7 Å². The summed E-state index contributed by atoms with van der Waals surface area (Å²) in [4.78, 5) is 37.3.